The van der Waals surface area contributed by atoms with E-state index in [9.17, 15) is 9.18 Å². The number of hydrogen-bond acceptors (Lipinski definition) is 7. The Balaban J connectivity index is 1.50. The SMILES string of the molecule is COc1cc(C(=O)N2CCCC2c2nc(-c3cccc(Cl)c3C)no2)c(-n2nccn2)cc1F. The maximum Gasteiger partial charge on any atom is 0.256 e. The van der Waals surface area contributed by atoms with E-state index in [1.165, 1.54) is 36.4 Å². The molecule has 1 unspecified atom stereocenters. The second kappa shape index (κ2) is 8.86. The third-order valence-corrected chi connectivity index (χ3v) is 6.29. The molecule has 11 heteroatoms. The molecule has 1 fully saturated rings. The maximum absolute atomic E-state index is 14.5. The van der Waals surface area contributed by atoms with Gasteiger partial charge in [0.25, 0.3) is 5.91 Å². The molecule has 1 aliphatic heterocycles. The van der Waals surface area contributed by atoms with E-state index in [2.05, 4.69) is 20.3 Å². The van der Waals surface area contributed by atoms with Crippen LogP contribution in [-0.2, 0) is 0 Å². The number of ether oxygens (including phenoxy) is 1. The summed E-state index contributed by atoms with van der Waals surface area (Å²) in [7, 11) is 1.34. The van der Waals surface area contributed by atoms with Crippen LogP contribution in [0.4, 0.5) is 4.39 Å². The molecule has 174 valence electrons. The van der Waals surface area contributed by atoms with Crippen LogP contribution < -0.4 is 4.74 Å². The largest absolute Gasteiger partial charge is 0.494 e. The second-order valence-electron chi connectivity index (χ2n) is 7.85. The highest BCUT2D eigenvalue weighted by Crippen LogP contribution is 2.36. The molecule has 0 aliphatic carbocycles. The minimum atomic E-state index is -0.622. The van der Waals surface area contributed by atoms with Gasteiger partial charge in [-0.05, 0) is 37.5 Å². The lowest BCUT2D eigenvalue weighted by atomic mass is 10.1. The highest BCUT2D eigenvalue weighted by atomic mass is 35.5. The van der Waals surface area contributed by atoms with Gasteiger partial charge in [-0.1, -0.05) is 28.9 Å². The van der Waals surface area contributed by atoms with Gasteiger partial charge >= 0.3 is 0 Å². The topological polar surface area (TPSA) is 99.2 Å². The first kappa shape index (κ1) is 22.0. The van der Waals surface area contributed by atoms with Crippen molar-refractivity contribution < 1.29 is 18.4 Å². The molecule has 1 atom stereocenters. The molecular weight excluding hydrogens is 463 g/mol. The van der Waals surface area contributed by atoms with Crippen LogP contribution in [0.1, 0.15) is 40.7 Å². The number of aromatic nitrogens is 5. The minimum Gasteiger partial charge on any atom is -0.494 e. The highest BCUT2D eigenvalue weighted by Gasteiger charge is 2.36. The lowest BCUT2D eigenvalue weighted by Crippen LogP contribution is -2.31. The molecule has 4 aromatic rings. The van der Waals surface area contributed by atoms with E-state index in [-0.39, 0.29) is 22.9 Å². The van der Waals surface area contributed by atoms with Crippen molar-refractivity contribution in [2.45, 2.75) is 25.8 Å². The van der Waals surface area contributed by atoms with Crippen molar-refractivity contribution >= 4 is 17.5 Å². The molecule has 0 radical (unpaired) electrons. The molecule has 9 nitrogen and oxygen atoms in total. The Labute approximate surface area is 199 Å². The zero-order chi connectivity index (χ0) is 23.8. The first-order chi connectivity index (χ1) is 16.5. The van der Waals surface area contributed by atoms with E-state index in [4.69, 9.17) is 20.9 Å². The molecule has 0 saturated carbocycles. The van der Waals surface area contributed by atoms with Crippen LogP contribution in [0.25, 0.3) is 17.1 Å². The number of amides is 1. The molecule has 34 heavy (non-hydrogen) atoms. The van der Waals surface area contributed by atoms with Crippen molar-refractivity contribution in [2.75, 3.05) is 13.7 Å². The summed E-state index contributed by atoms with van der Waals surface area (Å²) in [5.74, 6) is -0.284. The highest BCUT2D eigenvalue weighted by molar-refractivity contribution is 6.31. The summed E-state index contributed by atoms with van der Waals surface area (Å²) in [4.78, 5) is 21.1. The van der Waals surface area contributed by atoms with Gasteiger partial charge in [0.15, 0.2) is 11.6 Å². The van der Waals surface area contributed by atoms with Gasteiger partial charge in [0.2, 0.25) is 11.7 Å². The number of rotatable bonds is 5. The summed E-state index contributed by atoms with van der Waals surface area (Å²) < 4.78 is 25.1. The fourth-order valence-corrected chi connectivity index (χ4v) is 4.30. The minimum absolute atomic E-state index is 0.0495. The summed E-state index contributed by atoms with van der Waals surface area (Å²) in [6, 6.07) is 7.59. The van der Waals surface area contributed by atoms with Gasteiger partial charge in [-0.25, -0.2) is 4.39 Å². The lowest BCUT2D eigenvalue weighted by molar-refractivity contribution is 0.0709. The number of likely N-dealkylation sites (tertiary alicyclic amines) is 1. The summed E-state index contributed by atoms with van der Waals surface area (Å²) in [6.07, 6.45) is 4.30. The molecule has 1 aliphatic rings. The Bertz CT molecular complexity index is 1360. The molecule has 5 rings (SSSR count). The molecule has 3 heterocycles. The number of halogens is 2. The fourth-order valence-electron chi connectivity index (χ4n) is 4.13. The van der Waals surface area contributed by atoms with Crippen LogP contribution in [0.3, 0.4) is 0 Å². The van der Waals surface area contributed by atoms with Gasteiger partial charge in [0.05, 0.1) is 25.1 Å². The number of carbonyl (C=O) groups is 1. The van der Waals surface area contributed by atoms with E-state index in [0.29, 0.717) is 29.7 Å². The Morgan fingerprint density at radius 2 is 2.06 bits per heavy atom. The van der Waals surface area contributed by atoms with Gasteiger partial charge in [0.1, 0.15) is 11.7 Å². The van der Waals surface area contributed by atoms with E-state index >= 15 is 0 Å². The molecule has 0 spiro atoms. The third kappa shape index (κ3) is 3.79. The number of hydrogen-bond donors (Lipinski definition) is 0. The number of methoxy groups -OCH3 is 1. The molecule has 1 amide bonds. The van der Waals surface area contributed by atoms with Gasteiger partial charge < -0.3 is 14.2 Å². The van der Waals surface area contributed by atoms with Gasteiger partial charge in [-0.2, -0.15) is 20.0 Å². The number of nitrogens with zero attached hydrogens (tertiary/aromatic N) is 6. The average Bonchev–Trinajstić information content (AvgIpc) is 3.61. The fraction of sp³-hybridized carbons (Fsp3) is 0.261. The van der Waals surface area contributed by atoms with Crippen LogP contribution in [0.15, 0.2) is 47.2 Å². The molecule has 0 bridgehead atoms. The Morgan fingerprint density at radius 3 is 2.82 bits per heavy atom. The van der Waals surface area contributed by atoms with E-state index < -0.39 is 11.9 Å². The van der Waals surface area contributed by atoms with Gasteiger partial charge in [-0.15, -0.1) is 0 Å². The molecule has 2 aromatic carbocycles. The number of carbonyl (C=O) groups excluding carboxylic acids is 1. The zero-order valence-electron chi connectivity index (χ0n) is 18.4. The van der Waals surface area contributed by atoms with Crippen molar-refractivity contribution in [3.05, 3.63) is 70.6 Å². The van der Waals surface area contributed by atoms with E-state index in [0.717, 1.165) is 17.5 Å². The van der Waals surface area contributed by atoms with Crippen molar-refractivity contribution in [3.8, 4) is 22.8 Å². The zero-order valence-corrected chi connectivity index (χ0v) is 19.2. The van der Waals surface area contributed by atoms with Crippen LogP contribution in [0, 0.1) is 12.7 Å². The normalized spacial score (nSPS) is 15.6. The van der Waals surface area contributed by atoms with Crippen molar-refractivity contribution in [1.82, 2.24) is 30.0 Å². The summed E-state index contributed by atoms with van der Waals surface area (Å²) >= 11 is 6.23. The van der Waals surface area contributed by atoms with Crippen LogP contribution in [-0.4, -0.2) is 49.6 Å². The van der Waals surface area contributed by atoms with E-state index in [1.807, 2.05) is 19.1 Å². The quantitative estimate of drug-likeness (QED) is 0.415. The monoisotopic (exact) mass is 482 g/mol. The second-order valence-corrected chi connectivity index (χ2v) is 8.25. The van der Waals surface area contributed by atoms with Crippen LogP contribution in [0.2, 0.25) is 5.02 Å². The van der Waals surface area contributed by atoms with Crippen molar-refractivity contribution in [2.24, 2.45) is 0 Å². The Morgan fingerprint density at radius 1 is 1.26 bits per heavy atom. The molecular formula is C23H20ClFN6O3. The van der Waals surface area contributed by atoms with Crippen molar-refractivity contribution in [1.29, 1.82) is 0 Å². The predicted octanol–water partition coefficient (Wildman–Crippen LogP) is 4.40. The smallest absolute Gasteiger partial charge is 0.256 e. The average molecular weight is 483 g/mol. The molecule has 2 aromatic heterocycles. The van der Waals surface area contributed by atoms with Crippen molar-refractivity contribution in [3.63, 3.8) is 0 Å². The Hall–Kier alpha value is -3.79. The maximum atomic E-state index is 14.5. The summed E-state index contributed by atoms with van der Waals surface area (Å²) in [5, 5.41) is 12.8. The number of benzene rings is 2. The van der Waals surface area contributed by atoms with Gasteiger partial charge in [-0.3, -0.25) is 4.79 Å². The van der Waals surface area contributed by atoms with Gasteiger partial charge in [0, 0.05) is 23.2 Å². The lowest BCUT2D eigenvalue weighted by Gasteiger charge is -2.23. The summed E-state index contributed by atoms with van der Waals surface area (Å²) in [6.45, 7) is 2.36. The predicted molar refractivity (Wildman–Crippen MR) is 120 cm³/mol. The first-order valence-corrected chi connectivity index (χ1v) is 11.0. The Kier molecular flexibility index (Phi) is 5.74. The first-order valence-electron chi connectivity index (χ1n) is 10.6. The van der Waals surface area contributed by atoms with E-state index in [1.54, 1.807) is 11.0 Å². The summed E-state index contributed by atoms with van der Waals surface area (Å²) in [5.41, 5.74) is 2.01. The standard InChI is InChI=1S/C23H20ClFN6O3/c1-13-14(5-3-6-16(13)24)21-28-22(34-29-21)18-7-4-10-30(18)23(32)15-11-20(33-2)17(25)12-19(15)31-26-8-9-27-31/h3,5-6,8-9,11-12,18H,4,7,10H2,1-2H3. The third-order valence-electron chi connectivity index (χ3n) is 5.88. The van der Waals surface area contributed by atoms with Crippen LogP contribution in [0.5, 0.6) is 5.75 Å². The molecule has 0 N–H and O–H groups in total. The molecule has 1 saturated heterocycles. The van der Waals surface area contributed by atoms with Crippen LogP contribution >= 0.6 is 11.6 Å².